The van der Waals surface area contributed by atoms with Crippen molar-refractivity contribution in [1.29, 1.82) is 0 Å². The first-order valence-electron chi connectivity index (χ1n) is 7.04. The number of carbonyl (C=O) groups excluding carboxylic acids is 1. The summed E-state index contributed by atoms with van der Waals surface area (Å²) < 4.78 is 0. The molecule has 3 heteroatoms. The first-order chi connectivity index (χ1) is 8.05. The highest BCUT2D eigenvalue weighted by molar-refractivity contribution is 5.85. The van der Waals surface area contributed by atoms with E-state index in [1.54, 1.807) is 27.7 Å². The van der Waals surface area contributed by atoms with Gasteiger partial charge in [0.1, 0.15) is 5.78 Å². The van der Waals surface area contributed by atoms with Crippen LogP contribution in [0.5, 0.6) is 0 Å². The molecule has 0 amide bonds. The molecule has 0 fully saturated rings. The Morgan fingerprint density at radius 3 is 1.33 bits per heavy atom. The van der Waals surface area contributed by atoms with Crippen LogP contribution in [0.1, 0.15) is 67.2 Å². The average Bonchev–Trinajstić information content (AvgIpc) is 2.18. The van der Waals surface area contributed by atoms with Crippen LogP contribution in [0, 0.1) is 11.8 Å². The lowest BCUT2D eigenvalue weighted by Crippen LogP contribution is -2.46. The van der Waals surface area contributed by atoms with Crippen LogP contribution in [0.25, 0.3) is 0 Å². The quantitative estimate of drug-likeness (QED) is 0.704. The van der Waals surface area contributed by atoms with Gasteiger partial charge in [-0.3, -0.25) is 4.79 Å². The molecule has 2 atom stereocenters. The molecule has 0 bridgehead atoms. The van der Waals surface area contributed by atoms with Gasteiger partial charge in [-0.25, -0.2) is 0 Å². The molecule has 0 aromatic heterocycles. The molecule has 0 radical (unpaired) electrons. The maximum absolute atomic E-state index is 12.6. The van der Waals surface area contributed by atoms with E-state index in [0.29, 0.717) is 12.8 Å². The zero-order chi connectivity index (χ0) is 14.6. The van der Waals surface area contributed by atoms with Gasteiger partial charge in [0, 0.05) is 11.8 Å². The van der Waals surface area contributed by atoms with Gasteiger partial charge in [-0.2, -0.15) is 0 Å². The lowest BCUT2D eigenvalue weighted by Gasteiger charge is -2.35. The van der Waals surface area contributed by atoms with Gasteiger partial charge >= 0.3 is 0 Å². The SMILES string of the molecule is CCCC(C(=O)C(CCC)C(C)(C)O)C(C)(C)O. The third-order valence-corrected chi connectivity index (χ3v) is 3.55. The van der Waals surface area contributed by atoms with Gasteiger partial charge in [0.25, 0.3) is 0 Å². The largest absolute Gasteiger partial charge is 0.390 e. The van der Waals surface area contributed by atoms with Crippen molar-refractivity contribution in [3.8, 4) is 0 Å². The third-order valence-electron chi connectivity index (χ3n) is 3.55. The zero-order valence-corrected chi connectivity index (χ0v) is 12.8. The number of hydrogen-bond donors (Lipinski definition) is 2. The van der Waals surface area contributed by atoms with Gasteiger partial charge in [-0.1, -0.05) is 26.7 Å². The summed E-state index contributed by atoms with van der Waals surface area (Å²) in [5.74, 6) is -0.797. The molecule has 0 aliphatic heterocycles. The Morgan fingerprint density at radius 2 is 1.17 bits per heavy atom. The van der Waals surface area contributed by atoms with Gasteiger partial charge in [0.2, 0.25) is 0 Å². The highest BCUT2D eigenvalue weighted by atomic mass is 16.3. The van der Waals surface area contributed by atoms with Crippen molar-refractivity contribution in [3.63, 3.8) is 0 Å². The van der Waals surface area contributed by atoms with E-state index in [0.717, 1.165) is 12.8 Å². The Hall–Kier alpha value is -0.410. The minimum absolute atomic E-state index is 0.00120. The standard InChI is InChI=1S/C15H30O3/c1-7-9-11(14(3,4)17)13(16)12(10-8-2)15(5,6)18/h11-12,17-18H,7-10H2,1-6H3. The Kier molecular flexibility index (Phi) is 6.52. The summed E-state index contributed by atoms with van der Waals surface area (Å²) in [5.41, 5.74) is -2.05. The predicted molar refractivity (Wildman–Crippen MR) is 74.4 cm³/mol. The average molecular weight is 258 g/mol. The normalized spacial score (nSPS) is 16.4. The van der Waals surface area contributed by atoms with E-state index in [-0.39, 0.29) is 5.78 Å². The Labute approximate surface area is 112 Å². The van der Waals surface area contributed by atoms with Crippen molar-refractivity contribution in [3.05, 3.63) is 0 Å². The first kappa shape index (κ1) is 17.6. The van der Waals surface area contributed by atoms with Crippen LogP contribution in [-0.4, -0.2) is 27.2 Å². The molecule has 2 N–H and O–H groups in total. The Morgan fingerprint density at radius 1 is 0.889 bits per heavy atom. The number of hydrogen-bond acceptors (Lipinski definition) is 3. The van der Waals surface area contributed by atoms with Gasteiger partial charge in [-0.15, -0.1) is 0 Å². The Balaban J connectivity index is 5.14. The van der Waals surface area contributed by atoms with Crippen molar-refractivity contribution in [2.24, 2.45) is 11.8 Å². The number of ketones is 1. The molecule has 0 rings (SSSR count). The molecule has 0 aromatic rings. The smallest absolute Gasteiger partial charge is 0.144 e. The molecule has 18 heavy (non-hydrogen) atoms. The molecule has 0 saturated heterocycles. The topological polar surface area (TPSA) is 57.5 Å². The lowest BCUT2D eigenvalue weighted by atomic mass is 9.73. The first-order valence-corrected chi connectivity index (χ1v) is 7.04. The minimum atomic E-state index is -1.02. The van der Waals surface area contributed by atoms with E-state index >= 15 is 0 Å². The van der Waals surface area contributed by atoms with Crippen LogP contribution >= 0.6 is 0 Å². The highest BCUT2D eigenvalue weighted by Gasteiger charge is 2.41. The summed E-state index contributed by atoms with van der Waals surface area (Å²) >= 11 is 0. The molecule has 3 nitrogen and oxygen atoms in total. The third kappa shape index (κ3) is 5.07. The molecule has 0 aliphatic rings. The van der Waals surface area contributed by atoms with E-state index in [9.17, 15) is 15.0 Å². The number of carbonyl (C=O) groups is 1. The van der Waals surface area contributed by atoms with Crippen LogP contribution < -0.4 is 0 Å². The molecule has 0 aliphatic carbocycles. The summed E-state index contributed by atoms with van der Waals surface area (Å²) in [6, 6.07) is 0. The molecule has 0 heterocycles. The summed E-state index contributed by atoms with van der Waals surface area (Å²) in [6.07, 6.45) is 3.04. The van der Waals surface area contributed by atoms with Crippen LogP contribution in [0.15, 0.2) is 0 Å². The summed E-state index contributed by atoms with van der Waals surface area (Å²) in [6.45, 7) is 10.7. The van der Waals surface area contributed by atoms with E-state index in [2.05, 4.69) is 0 Å². The van der Waals surface area contributed by atoms with Crippen molar-refractivity contribution >= 4 is 5.78 Å². The maximum atomic E-state index is 12.6. The van der Waals surface area contributed by atoms with Gasteiger partial charge in [-0.05, 0) is 40.5 Å². The van der Waals surface area contributed by atoms with Crippen molar-refractivity contribution in [1.82, 2.24) is 0 Å². The molecule has 0 saturated carbocycles. The summed E-state index contributed by atoms with van der Waals surface area (Å²) in [5, 5.41) is 20.3. The van der Waals surface area contributed by atoms with E-state index < -0.39 is 23.0 Å². The van der Waals surface area contributed by atoms with Gasteiger partial charge in [0.15, 0.2) is 0 Å². The Bertz CT molecular complexity index is 232. The second-order valence-electron chi connectivity index (χ2n) is 6.39. The molecule has 108 valence electrons. The molecule has 0 spiro atoms. The number of Topliss-reactive ketones (excluding diaryl/α,β-unsaturated/α-hetero) is 1. The van der Waals surface area contributed by atoms with E-state index in [1.807, 2.05) is 13.8 Å². The molecular formula is C15H30O3. The summed E-state index contributed by atoms with van der Waals surface area (Å²) in [4.78, 5) is 12.6. The summed E-state index contributed by atoms with van der Waals surface area (Å²) in [7, 11) is 0. The molecule has 2 unspecified atom stereocenters. The maximum Gasteiger partial charge on any atom is 0.144 e. The van der Waals surface area contributed by atoms with Crippen molar-refractivity contribution < 1.29 is 15.0 Å². The second kappa shape index (κ2) is 6.67. The fourth-order valence-electron chi connectivity index (χ4n) is 2.51. The minimum Gasteiger partial charge on any atom is -0.390 e. The van der Waals surface area contributed by atoms with Crippen molar-refractivity contribution in [2.45, 2.75) is 78.4 Å². The van der Waals surface area contributed by atoms with Crippen LogP contribution in [0.4, 0.5) is 0 Å². The lowest BCUT2D eigenvalue weighted by molar-refractivity contribution is -0.142. The van der Waals surface area contributed by atoms with Crippen molar-refractivity contribution in [2.75, 3.05) is 0 Å². The van der Waals surface area contributed by atoms with E-state index in [4.69, 9.17) is 0 Å². The van der Waals surface area contributed by atoms with Gasteiger partial charge < -0.3 is 10.2 Å². The highest BCUT2D eigenvalue weighted by Crippen LogP contribution is 2.32. The zero-order valence-electron chi connectivity index (χ0n) is 12.8. The molecule has 0 aromatic carbocycles. The fourth-order valence-corrected chi connectivity index (χ4v) is 2.51. The predicted octanol–water partition coefficient (Wildman–Crippen LogP) is 2.93. The van der Waals surface area contributed by atoms with E-state index in [1.165, 1.54) is 0 Å². The monoisotopic (exact) mass is 258 g/mol. The van der Waals surface area contributed by atoms with Gasteiger partial charge in [0.05, 0.1) is 11.2 Å². The van der Waals surface area contributed by atoms with Crippen LogP contribution in [0.3, 0.4) is 0 Å². The number of aliphatic hydroxyl groups is 2. The van der Waals surface area contributed by atoms with Crippen LogP contribution in [-0.2, 0) is 4.79 Å². The molecular weight excluding hydrogens is 228 g/mol. The second-order valence-corrected chi connectivity index (χ2v) is 6.39. The number of rotatable bonds is 8. The van der Waals surface area contributed by atoms with Crippen LogP contribution in [0.2, 0.25) is 0 Å². The fraction of sp³-hybridized carbons (Fsp3) is 0.933.